The third-order valence-corrected chi connectivity index (χ3v) is 5.72. The molecule has 4 nitrogen and oxygen atoms in total. The van der Waals surface area contributed by atoms with E-state index in [9.17, 15) is 18.7 Å². The van der Waals surface area contributed by atoms with Gasteiger partial charge in [-0.2, -0.15) is 0 Å². The number of halogens is 4. The van der Waals surface area contributed by atoms with E-state index in [4.69, 9.17) is 4.74 Å². The van der Waals surface area contributed by atoms with Gasteiger partial charge in [0.15, 0.2) is 0 Å². The maximum absolute atomic E-state index is 13.6. The monoisotopic (exact) mass is 564 g/mol. The highest BCUT2D eigenvalue weighted by Gasteiger charge is 2.24. The highest BCUT2D eigenvalue weighted by Crippen LogP contribution is 2.31. The van der Waals surface area contributed by atoms with Crippen molar-refractivity contribution >= 4 is 37.8 Å². The Morgan fingerprint density at radius 2 is 1.48 bits per heavy atom. The second kappa shape index (κ2) is 12.6. The molecule has 1 aliphatic rings. The van der Waals surface area contributed by atoms with Crippen LogP contribution in [-0.2, 0) is 15.1 Å². The van der Waals surface area contributed by atoms with Gasteiger partial charge in [0.05, 0.1) is 12.7 Å². The molecule has 0 bridgehead atoms. The minimum atomic E-state index is -1.16. The van der Waals surface area contributed by atoms with Crippen LogP contribution in [0, 0.1) is 25.5 Å². The average molecular weight is 566 g/mol. The molecule has 0 saturated carbocycles. The number of ether oxygens (including phenoxy) is 2. The van der Waals surface area contributed by atoms with Crippen LogP contribution in [0.2, 0.25) is 0 Å². The molecule has 0 amide bonds. The summed E-state index contributed by atoms with van der Waals surface area (Å²) in [6, 6.07) is 6.62. The molecule has 0 radical (unpaired) electrons. The number of aliphatic hydroxyl groups is 1. The normalized spacial score (nSPS) is 13.0. The fraction of sp³-hybridized carbons (Fsp3) is 0.435. The Labute approximate surface area is 199 Å². The molecular formula is C23H28Br2F2O4. The Kier molecular flexibility index (Phi) is 11.3. The first-order valence-corrected chi connectivity index (χ1v) is 11.3. The van der Waals surface area contributed by atoms with Crippen LogP contribution in [0.1, 0.15) is 53.7 Å². The van der Waals surface area contributed by atoms with Crippen molar-refractivity contribution in [3.8, 4) is 0 Å². The molecule has 1 saturated heterocycles. The van der Waals surface area contributed by atoms with Crippen LogP contribution < -0.4 is 0 Å². The van der Waals surface area contributed by atoms with Crippen LogP contribution in [0.3, 0.4) is 0 Å². The second-order valence-electron chi connectivity index (χ2n) is 7.48. The van der Waals surface area contributed by atoms with Gasteiger partial charge in [0.2, 0.25) is 0 Å². The van der Waals surface area contributed by atoms with Crippen molar-refractivity contribution in [1.29, 1.82) is 0 Å². The predicted molar refractivity (Wildman–Crippen MR) is 124 cm³/mol. The van der Waals surface area contributed by atoms with E-state index in [1.54, 1.807) is 52.0 Å². The first-order chi connectivity index (χ1) is 14.4. The van der Waals surface area contributed by atoms with E-state index in [1.165, 1.54) is 20.0 Å². The molecule has 1 aliphatic heterocycles. The summed E-state index contributed by atoms with van der Waals surface area (Å²) in [5.74, 6) is -1.56. The first-order valence-electron chi connectivity index (χ1n) is 9.69. The van der Waals surface area contributed by atoms with E-state index >= 15 is 0 Å². The molecule has 2 aromatic carbocycles. The standard InChI is InChI=1S/C10H12BrFO.C9H8BrFO2.C4H8O/c1-6-4-5-7(11)8(9(6)12)10(2,3)13;1-5-3-4-6(10)7(8(5)11)9(12)13-2;1-2-4-5-3-1/h4-5,13H,1-3H3;3-4H,1-2H3;1-4H2. The summed E-state index contributed by atoms with van der Waals surface area (Å²) in [6.07, 6.45) is 2.56. The van der Waals surface area contributed by atoms with Gasteiger partial charge in [-0.05, 0) is 79.7 Å². The fourth-order valence-electron chi connectivity index (χ4n) is 2.67. The van der Waals surface area contributed by atoms with Crippen LogP contribution in [0.5, 0.6) is 0 Å². The van der Waals surface area contributed by atoms with Gasteiger partial charge in [0, 0.05) is 27.7 Å². The molecule has 0 unspecified atom stereocenters. The van der Waals surface area contributed by atoms with Crippen LogP contribution >= 0.6 is 31.9 Å². The Hall–Kier alpha value is -1.35. The zero-order chi connectivity index (χ0) is 23.8. The smallest absolute Gasteiger partial charge is 0.342 e. The number of benzene rings is 2. The van der Waals surface area contributed by atoms with Crippen molar-refractivity contribution in [2.24, 2.45) is 0 Å². The number of hydrogen-bond acceptors (Lipinski definition) is 4. The lowest BCUT2D eigenvalue weighted by atomic mass is 9.96. The second-order valence-corrected chi connectivity index (χ2v) is 9.19. The molecule has 2 aromatic rings. The number of hydrogen-bond donors (Lipinski definition) is 1. The van der Waals surface area contributed by atoms with E-state index in [-0.39, 0.29) is 11.4 Å². The maximum Gasteiger partial charge on any atom is 0.342 e. The third kappa shape index (κ3) is 8.25. The minimum Gasteiger partial charge on any atom is -0.465 e. The van der Waals surface area contributed by atoms with Crippen molar-refractivity contribution in [1.82, 2.24) is 0 Å². The summed E-state index contributed by atoms with van der Waals surface area (Å²) >= 11 is 6.30. The van der Waals surface area contributed by atoms with Crippen molar-refractivity contribution in [2.75, 3.05) is 20.3 Å². The Bertz CT molecular complexity index is 885. The number of aryl methyl sites for hydroxylation is 2. The average Bonchev–Trinajstić information content (AvgIpc) is 3.28. The van der Waals surface area contributed by atoms with Gasteiger partial charge in [-0.3, -0.25) is 0 Å². The Balaban J connectivity index is 0.000000254. The summed E-state index contributed by atoms with van der Waals surface area (Å²) in [5, 5.41) is 9.71. The fourth-order valence-corrected chi connectivity index (χ4v) is 3.93. The quantitative estimate of drug-likeness (QED) is 0.417. The number of carbonyl (C=O) groups is 1. The maximum atomic E-state index is 13.6. The van der Waals surface area contributed by atoms with E-state index in [2.05, 4.69) is 36.6 Å². The van der Waals surface area contributed by atoms with Crippen molar-refractivity contribution in [3.05, 3.63) is 67.1 Å². The number of esters is 1. The molecule has 1 fully saturated rings. The van der Waals surface area contributed by atoms with Crippen molar-refractivity contribution in [3.63, 3.8) is 0 Å². The summed E-state index contributed by atoms with van der Waals surface area (Å²) < 4.78 is 37.3. The predicted octanol–water partition coefficient (Wildman–Crippen LogP) is 6.60. The van der Waals surface area contributed by atoms with Gasteiger partial charge in [-0.25, -0.2) is 13.6 Å². The van der Waals surface area contributed by atoms with Gasteiger partial charge < -0.3 is 14.6 Å². The van der Waals surface area contributed by atoms with E-state index in [1.807, 2.05) is 0 Å². The highest BCUT2D eigenvalue weighted by atomic mass is 79.9. The van der Waals surface area contributed by atoms with Crippen LogP contribution in [0.25, 0.3) is 0 Å². The molecule has 1 N–H and O–H groups in total. The van der Waals surface area contributed by atoms with Crippen molar-refractivity contribution < 1.29 is 28.2 Å². The first kappa shape index (κ1) is 27.7. The molecule has 0 aromatic heterocycles. The molecule has 0 spiro atoms. The number of rotatable bonds is 2. The highest BCUT2D eigenvalue weighted by molar-refractivity contribution is 9.10. The third-order valence-electron chi connectivity index (χ3n) is 4.40. The van der Waals surface area contributed by atoms with Crippen molar-refractivity contribution in [2.45, 2.75) is 46.1 Å². The molecule has 0 atom stereocenters. The zero-order valence-electron chi connectivity index (χ0n) is 18.3. The molecule has 3 rings (SSSR count). The summed E-state index contributed by atoms with van der Waals surface area (Å²) in [5.41, 5.74) is 0.0634. The zero-order valence-corrected chi connectivity index (χ0v) is 21.5. The molecule has 1 heterocycles. The van der Waals surface area contributed by atoms with Gasteiger partial charge in [0.25, 0.3) is 0 Å². The molecular weight excluding hydrogens is 538 g/mol. The van der Waals surface area contributed by atoms with Gasteiger partial charge in [-0.1, -0.05) is 28.1 Å². The molecule has 8 heteroatoms. The largest absolute Gasteiger partial charge is 0.465 e. The van der Waals surface area contributed by atoms with Gasteiger partial charge >= 0.3 is 5.97 Å². The van der Waals surface area contributed by atoms with Gasteiger partial charge in [-0.15, -0.1) is 0 Å². The van der Waals surface area contributed by atoms with Crippen LogP contribution in [-0.4, -0.2) is 31.4 Å². The minimum absolute atomic E-state index is 0.0532. The lowest BCUT2D eigenvalue weighted by Gasteiger charge is -2.21. The Morgan fingerprint density at radius 3 is 1.87 bits per heavy atom. The van der Waals surface area contributed by atoms with E-state index < -0.39 is 17.4 Å². The Morgan fingerprint density at radius 1 is 1.00 bits per heavy atom. The van der Waals surface area contributed by atoms with E-state index in [0.29, 0.717) is 25.6 Å². The molecule has 0 aliphatic carbocycles. The topological polar surface area (TPSA) is 55.8 Å². The lowest BCUT2D eigenvalue weighted by molar-refractivity contribution is 0.0593. The van der Waals surface area contributed by atoms with Crippen LogP contribution in [0.15, 0.2) is 33.2 Å². The lowest BCUT2D eigenvalue weighted by Crippen LogP contribution is -2.19. The van der Waals surface area contributed by atoms with Gasteiger partial charge in [0.1, 0.15) is 17.2 Å². The SMILES string of the molecule is C1CCOC1.COC(=O)c1c(Br)ccc(C)c1F.Cc1ccc(Br)c(C(C)(C)O)c1F. The van der Waals surface area contributed by atoms with E-state index in [0.717, 1.165) is 13.2 Å². The summed E-state index contributed by atoms with van der Waals surface area (Å²) in [7, 11) is 1.22. The molecule has 31 heavy (non-hydrogen) atoms. The number of methoxy groups -OCH3 is 1. The summed E-state index contributed by atoms with van der Waals surface area (Å²) in [6.45, 7) is 8.40. The molecule has 172 valence electrons. The van der Waals surface area contributed by atoms with Crippen LogP contribution in [0.4, 0.5) is 8.78 Å². The summed E-state index contributed by atoms with van der Waals surface area (Å²) in [4.78, 5) is 11.1. The number of carbonyl (C=O) groups excluding carboxylic acids is 1.